The Balaban J connectivity index is 1.53. The van der Waals surface area contributed by atoms with Gasteiger partial charge in [-0.15, -0.1) is 0 Å². The van der Waals surface area contributed by atoms with Crippen molar-refractivity contribution in [2.24, 2.45) is 0 Å². The second kappa shape index (κ2) is 7.90. The molecule has 1 aliphatic rings. The standard InChI is InChI=1S/C21H20N4O2S/c1-14(26)19-18(15-7-3-2-4-8-15)23-21(28-19)24-20(27)16-9-10-17(22-13-16)25-11-5-6-12-25/h2-4,7-10,13H,5-6,11-12H2,1H3,(H,23,24,27). The zero-order chi connectivity index (χ0) is 19.5. The molecule has 142 valence electrons. The summed E-state index contributed by atoms with van der Waals surface area (Å²) in [6, 6.07) is 13.1. The van der Waals surface area contributed by atoms with Gasteiger partial charge in [-0.3, -0.25) is 14.9 Å². The average Bonchev–Trinajstić information content (AvgIpc) is 3.39. The summed E-state index contributed by atoms with van der Waals surface area (Å²) in [5.41, 5.74) is 1.90. The number of carbonyl (C=O) groups excluding carboxylic acids is 2. The van der Waals surface area contributed by atoms with E-state index in [1.54, 1.807) is 12.3 Å². The third-order valence-electron chi connectivity index (χ3n) is 4.65. The molecule has 4 rings (SSSR count). The van der Waals surface area contributed by atoms with E-state index in [9.17, 15) is 9.59 Å². The van der Waals surface area contributed by atoms with Gasteiger partial charge in [0, 0.05) is 31.8 Å². The Hall–Kier alpha value is -3.06. The van der Waals surface area contributed by atoms with Crippen LogP contribution in [0.5, 0.6) is 0 Å². The van der Waals surface area contributed by atoms with Crippen LogP contribution in [-0.4, -0.2) is 34.7 Å². The number of amides is 1. The van der Waals surface area contributed by atoms with Crippen molar-refractivity contribution in [1.29, 1.82) is 0 Å². The third kappa shape index (κ3) is 3.80. The fourth-order valence-electron chi connectivity index (χ4n) is 3.23. The Labute approximate surface area is 167 Å². The van der Waals surface area contributed by atoms with Gasteiger partial charge in [0.05, 0.1) is 16.1 Å². The average molecular weight is 392 g/mol. The van der Waals surface area contributed by atoms with Gasteiger partial charge >= 0.3 is 0 Å². The number of benzene rings is 1. The Morgan fingerprint density at radius 2 is 1.82 bits per heavy atom. The maximum atomic E-state index is 12.6. The van der Waals surface area contributed by atoms with E-state index in [4.69, 9.17) is 0 Å². The zero-order valence-corrected chi connectivity index (χ0v) is 16.3. The number of aromatic nitrogens is 2. The smallest absolute Gasteiger partial charge is 0.259 e. The van der Waals surface area contributed by atoms with Gasteiger partial charge in [-0.05, 0) is 25.0 Å². The highest BCUT2D eigenvalue weighted by Gasteiger charge is 2.19. The highest BCUT2D eigenvalue weighted by atomic mass is 32.1. The zero-order valence-electron chi connectivity index (χ0n) is 15.5. The van der Waals surface area contributed by atoms with Crippen LogP contribution in [0.15, 0.2) is 48.7 Å². The van der Waals surface area contributed by atoms with Crippen LogP contribution >= 0.6 is 11.3 Å². The fourth-order valence-corrected chi connectivity index (χ4v) is 4.10. The normalized spacial score (nSPS) is 13.5. The first-order valence-corrected chi connectivity index (χ1v) is 10.0. The van der Waals surface area contributed by atoms with E-state index in [0.717, 1.165) is 24.5 Å². The number of hydrogen-bond acceptors (Lipinski definition) is 6. The molecule has 1 aliphatic heterocycles. The SMILES string of the molecule is CC(=O)c1sc(NC(=O)c2ccc(N3CCCC3)nc2)nc1-c1ccccc1. The van der Waals surface area contributed by atoms with Gasteiger partial charge in [0.15, 0.2) is 10.9 Å². The Morgan fingerprint density at radius 1 is 1.07 bits per heavy atom. The molecule has 0 bridgehead atoms. The Morgan fingerprint density at radius 3 is 2.46 bits per heavy atom. The van der Waals surface area contributed by atoms with Gasteiger partial charge in [-0.25, -0.2) is 9.97 Å². The molecule has 7 heteroatoms. The minimum Gasteiger partial charge on any atom is -0.357 e. The second-order valence-corrected chi connectivity index (χ2v) is 7.67. The molecule has 0 radical (unpaired) electrons. The van der Waals surface area contributed by atoms with Gasteiger partial charge in [0.25, 0.3) is 5.91 Å². The largest absolute Gasteiger partial charge is 0.357 e. The van der Waals surface area contributed by atoms with Crippen LogP contribution in [0.1, 0.15) is 39.8 Å². The van der Waals surface area contributed by atoms with Crippen LogP contribution in [0.3, 0.4) is 0 Å². The highest BCUT2D eigenvalue weighted by Crippen LogP contribution is 2.31. The first-order valence-electron chi connectivity index (χ1n) is 9.21. The van der Waals surface area contributed by atoms with Crippen LogP contribution in [0.4, 0.5) is 10.9 Å². The molecule has 1 amide bonds. The fraction of sp³-hybridized carbons (Fsp3) is 0.238. The quantitative estimate of drug-likeness (QED) is 0.657. The van der Waals surface area contributed by atoms with Crippen molar-refractivity contribution in [2.45, 2.75) is 19.8 Å². The molecular formula is C21H20N4O2S. The van der Waals surface area contributed by atoms with Gasteiger partial charge in [-0.2, -0.15) is 0 Å². The van der Waals surface area contributed by atoms with Gasteiger partial charge in [0.2, 0.25) is 0 Å². The number of hydrogen-bond donors (Lipinski definition) is 1. The molecule has 28 heavy (non-hydrogen) atoms. The van der Waals surface area contributed by atoms with E-state index in [1.165, 1.54) is 31.1 Å². The number of nitrogens with one attached hydrogen (secondary N) is 1. The molecular weight excluding hydrogens is 372 g/mol. The van der Waals surface area contributed by atoms with Crippen molar-refractivity contribution in [1.82, 2.24) is 9.97 Å². The van der Waals surface area contributed by atoms with E-state index in [1.807, 2.05) is 36.4 Å². The van der Waals surface area contributed by atoms with Crippen molar-refractivity contribution in [2.75, 3.05) is 23.3 Å². The van der Waals surface area contributed by atoms with E-state index < -0.39 is 0 Å². The summed E-state index contributed by atoms with van der Waals surface area (Å²) in [4.78, 5) is 36.3. The van der Waals surface area contributed by atoms with E-state index in [2.05, 4.69) is 20.2 Å². The van der Waals surface area contributed by atoms with Crippen molar-refractivity contribution >= 4 is 34.0 Å². The summed E-state index contributed by atoms with van der Waals surface area (Å²) in [5, 5.41) is 3.20. The van der Waals surface area contributed by atoms with E-state index in [0.29, 0.717) is 21.3 Å². The van der Waals surface area contributed by atoms with Crippen molar-refractivity contribution in [3.05, 3.63) is 59.1 Å². The van der Waals surface area contributed by atoms with E-state index in [-0.39, 0.29) is 11.7 Å². The number of thiazole rings is 1. The van der Waals surface area contributed by atoms with Crippen molar-refractivity contribution in [3.8, 4) is 11.3 Å². The lowest BCUT2D eigenvalue weighted by Crippen LogP contribution is -2.19. The number of rotatable bonds is 5. The molecule has 0 spiro atoms. The molecule has 2 aromatic heterocycles. The minimum absolute atomic E-state index is 0.0755. The first-order chi connectivity index (χ1) is 13.6. The molecule has 3 aromatic rings. The molecule has 0 unspecified atom stereocenters. The number of carbonyl (C=O) groups is 2. The molecule has 1 N–H and O–H groups in total. The maximum Gasteiger partial charge on any atom is 0.259 e. The number of pyridine rings is 1. The van der Waals surface area contributed by atoms with Crippen molar-refractivity contribution < 1.29 is 9.59 Å². The van der Waals surface area contributed by atoms with Crippen molar-refractivity contribution in [3.63, 3.8) is 0 Å². The van der Waals surface area contributed by atoms with Crippen LogP contribution in [-0.2, 0) is 0 Å². The summed E-state index contributed by atoms with van der Waals surface area (Å²) in [5.74, 6) is 0.533. The molecule has 1 aromatic carbocycles. The van der Waals surface area contributed by atoms with Gasteiger partial charge in [-0.1, -0.05) is 41.7 Å². The molecule has 6 nitrogen and oxygen atoms in total. The summed E-state index contributed by atoms with van der Waals surface area (Å²) in [6.45, 7) is 3.52. The van der Waals surface area contributed by atoms with Crippen LogP contribution in [0.2, 0.25) is 0 Å². The number of ketones is 1. The van der Waals surface area contributed by atoms with Crippen LogP contribution in [0, 0.1) is 0 Å². The topological polar surface area (TPSA) is 75.2 Å². The summed E-state index contributed by atoms with van der Waals surface area (Å²) in [6.07, 6.45) is 3.94. The Kier molecular flexibility index (Phi) is 5.16. The Bertz CT molecular complexity index is 993. The van der Waals surface area contributed by atoms with Gasteiger partial charge in [0.1, 0.15) is 5.82 Å². The molecule has 0 atom stereocenters. The number of anilines is 2. The molecule has 3 heterocycles. The highest BCUT2D eigenvalue weighted by molar-refractivity contribution is 7.18. The van der Waals surface area contributed by atoms with Crippen LogP contribution in [0.25, 0.3) is 11.3 Å². The van der Waals surface area contributed by atoms with Gasteiger partial charge < -0.3 is 4.90 Å². The number of nitrogens with zero attached hydrogens (tertiary/aromatic N) is 3. The molecule has 1 fully saturated rings. The predicted octanol–water partition coefficient (Wildman–Crippen LogP) is 4.26. The lowest BCUT2D eigenvalue weighted by Gasteiger charge is -2.15. The predicted molar refractivity (Wildman–Crippen MR) is 111 cm³/mol. The lowest BCUT2D eigenvalue weighted by atomic mass is 10.1. The monoisotopic (exact) mass is 392 g/mol. The summed E-state index contributed by atoms with van der Waals surface area (Å²) < 4.78 is 0. The third-order valence-corrected chi connectivity index (χ3v) is 5.73. The minimum atomic E-state index is -0.288. The second-order valence-electron chi connectivity index (χ2n) is 6.67. The first kappa shape index (κ1) is 18.3. The molecule has 1 saturated heterocycles. The molecule has 0 aliphatic carbocycles. The van der Waals surface area contributed by atoms with E-state index >= 15 is 0 Å². The molecule has 0 saturated carbocycles. The summed E-state index contributed by atoms with van der Waals surface area (Å²) in [7, 11) is 0. The lowest BCUT2D eigenvalue weighted by molar-refractivity contribution is 0.101. The maximum absolute atomic E-state index is 12.6. The number of Topliss-reactive ketones (excluding diaryl/α,β-unsaturated/α-hetero) is 1. The summed E-state index contributed by atoms with van der Waals surface area (Å²) >= 11 is 1.19. The van der Waals surface area contributed by atoms with Crippen LogP contribution < -0.4 is 10.2 Å².